The van der Waals surface area contributed by atoms with E-state index < -0.39 is 0 Å². The molecular weight excluding hydrogens is 300 g/mol. The molecule has 1 aliphatic rings. The average molecular weight is 328 g/mol. The molecular formula is C19H28N4O. The highest BCUT2D eigenvalue weighted by atomic mass is 16.4. The molecule has 1 atom stereocenters. The molecule has 0 aliphatic carbocycles. The predicted molar refractivity (Wildman–Crippen MR) is 96.1 cm³/mol. The lowest BCUT2D eigenvalue weighted by atomic mass is 9.94. The lowest BCUT2D eigenvalue weighted by Crippen LogP contribution is -2.23. The van der Waals surface area contributed by atoms with Gasteiger partial charge in [-0.25, -0.2) is 9.97 Å². The van der Waals surface area contributed by atoms with E-state index in [-0.39, 0.29) is 5.41 Å². The van der Waals surface area contributed by atoms with Crippen LogP contribution in [-0.4, -0.2) is 34.5 Å². The summed E-state index contributed by atoms with van der Waals surface area (Å²) in [6.07, 6.45) is 4.97. The Balaban J connectivity index is 1.47. The van der Waals surface area contributed by atoms with Crippen LogP contribution in [0.3, 0.4) is 0 Å². The Morgan fingerprint density at radius 3 is 2.75 bits per heavy atom. The molecule has 0 amide bonds. The Morgan fingerprint density at radius 1 is 1.25 bits per heavy atom. The fraction of sp³-hybridized carbons (Fsp3) is 0.579. The third kappa shape index (κ3) is 4.35. The molecule has 3 rings (SSSR count). The molecule has 5 heteroatoms. The molecule has 5 nitrogen and oxygen atoms in total. The molecule has 0 aromatic carbocycles. The highest BCUT2D eigenvalue weighted by Crippen LogP contribution is 2.24. The lowest BCUT2D eigenvalue weighted by molar-refractivity contribution is 0.270. The van der Waals surface area contributed by atoms with Crippen molar-refractivity contribution in [2.75, 3.05) is 25.0 Å². The van der Waals surface area contributed by atoms with Crippen molar-refractivity contribution in [2.45, 2.75) is 46.1 Å². The van der Waals surface area contributed by atoms with Crippen molar-refractivity contribution in [3.05, 3.63) is 41.7 Å². The van der Waals surface area contributed by atoms with Crippen molar-refractivity contribution in [3.63, 3.8) is 0 Å². The minimum absolute atomic E-state index is 0.0176. The maximum absolute atomic E-state index is 5.91. The maximum Gasteiger partial charge on any atom is 0.208 e. The summed E-state index contributed by atoms with van der Waals surface area (Å²) in [6.45, 7) is 12.4. The molecule has 0 bridgehead atoms. The normalized spacial score (nSPS) is 18.9. The van der Waals surface area contributed by atoms with E-state index in [0.717, 1.165) is 43.6 Å². The van der Waals surface area contributed by atoms with E-state index in [0.29, 0.717) is 5.92 Å². The Bertz CT molecular complexity index is 657. The second-order valence-electron chi connectivity index (χ2n) is 7.86. The van der Waals surface area contributed by atoms with Gasteiger partial charge in [-0.05, 0) is 37.4 Å². The number of nitrogens with zero attached hydrogens (tertiary/aromatic N) is 3. The molecule has 1 unspecified atom stereocenters. The molecule has 1 saturated heterocycles. The molecule has 3 heterocycles. The van der Waals surface area contributed by atoms with Crippen LogP contribution in [0.4, 0.5) is 5.82 Å². The van der Waals surface area contributed by atoms with Gasteiger partial charge in [0.25, 0.3) is 0 Å². The van der Waals surface area contributed by atoms with Gasteiger partial charge < -0.3 is 9.73 Å². The molecule has 0 radical (unpaired) electrons. The first-order valence-corrected chi connectivity index (χ1v) is 8.74. The number of nitrogens with one attached hydrogen (secondary N) is 1. The fourth-order valence-electron chi connectivity index (χ4n) is 2.97. The Labute approximate surface area is 144 Å². The Morgan fingerprint density at radius 2 is 2.08 bits per heavy atom. The van der Waals surface area contributed by atoms with Crippen LogP contribution >= 0.6 is 0 Å². The number of pyridine rings is 1. The summed E-state index contributed by atoms with van der Waals surface area (Å²) in [6, 6.07) is 4.13. The first kappa shape index (κ1) is 17.0. The Hall–Kier alpha value is -1.88. The molecule has 1 N–H and O–H groups in total. The van der Waals surface area contributed by atoms with Crippen LogP contribution in [0, 0.1) is 12.8 Å². The van der Waals surface area contributed by atoms with Crippen molar-refractivity contribution in [1.29, 1.82) is 0 Å². The van der Waals surface area contributed by atoms with Gasteiger partial charge in [-0.2, -0.15) is 0 Å². The molecule has 1 fully saturated rings. The highest BCUT2D eigenvalue weighted by molar-refractivity contribution is 5.35. The molecule has 1 aliphatic heterocycles. The topological polar surface area (TPSA) is 54.2 Å². The van der Waals surface area contributed by atoms with Gasteiger partial charge in [0.2, 0.25) is 5.89 Å². The van der Waals surface area contributed by atoms with Gasteiger partial charge in [0, 0.05) is 24.7 Å². The monoisotopic (exact) mass is 328 g/mol. The molecule has 0 spiro atoms. The number of hydrogen-bond acceptors (Lipinski definition) is 5. The number of hydrogen-bond donors (Lipinski definition) is 1. The zero-order valence-electron chi connectivity index (χ0n) is 15.2. The SMILES string of the molecule is Cc1ccc(NCC2CCN(Cc3ncc(C(C)(C)C)o3)C2)nc1. The van der Waals surface area contributed by atoms with Gasteiger partial charge >= 0.3 is 0 Å². The summed E-state index contributed by atoms with van der Waals surface area (Å²) in [4.78, 5) is 11.3. The van der Waals surface area contributed by atoms with Crippen LogP contribution in [0.15, 0.2) is 28.9 Å². The van der Waals surface area contributed by atoms with Gasteiger partial charge in [-0.15, -0.1) is 0 Å². The quantitative estimate of drug-likeness (QED) is 0.908. The fourth-order valence-corrected chi connectivity index (χ4v) is 2.97. The standard InChI is InChI=1S/C19H28N4O/c1-14-5-6-17(20-9-14)21-10-15-7-8-23(12-15)13-18-22-11-16(24-18)19(2,3)4/h5-6,9,11,15H,7-8,10,12-13H2,1-4H3,(H,20,21). The van der Waals surface area contributed by atoms with Crippen molar-refractivity contribution in [1.82, 2.24) is 14.9 Å². The second kappa shape index (κ2) is 6.93. The predicted octanol–water partition coefficient (Wildman–Crippen LogP) is 3.61. The van der Waals surface area contributed by atoms with E-state index in [1.165, 1.54) is 12.0 Å². The second-order valence-corrected chi connectivity index (χ2v) is 7.86. The molecule has 2 aromatic heterocycles. The number of aromatic nitrogens is 2. The van der Waals surface area contributed by atoms with Gasteiger partial charge in [-0.3, -0.25) is 4.90 Å². The van der Waals surface area contributed by atoms with E-state index in [1.54, 1.807) is 0 Å². The molecule has 24 heavy (non-hydrogen) atoms. The van der Waals surface area contributed by atoms with E-state index in [9.17, 15) is 0 Å². The third-order valence-electron chi connectivity index (χ3n) is 4.50. The Kier molecular flexibility index (Phi) is 4.90. The number of anilines is 1. The van der Waals surface area contributed by atoms with Crippen molar-refractivity contribution < 1.29 is 4.42 Å². The van der Waals surface area contributed by atoms with Crippen molar-refractivity contribution in [2.24, 2.45) is 5.92 Å². The first-order valence-electron chi connectivity index (χ1n) is 8.74. The third-order valence-corrected chi connectivity index (χ3v) is 4.50. The molecule has 0 saturated carbocycles. The number of oxazole rings is 1. The highest BCUT2D eigenvalue weighted by Gasteiger charge is 2.25. The minimum atomic E-state index is 0.0176. The van der Waals surface area contributed by atoms with Gasteiger partial charge in [0.05, 0.1) is 12.7 Å². The van der Waals surface area contributed by atoms with E-state index in [4.69, 9.17) is 4.42 Å². The van der Waals surface area contributed by atoms with Crippen LogP contribution in [0.2, 0.25) is 0 Å². The minimum Gasteiger partial charge on any atom is -0.444 e. The zero-order chi connectivity index (χ0) is 17.2. The summed E-state index contributed by atoms with van der Waals surface area (Å²) in [5.74, 6) is 3.39. The van der Waals surface area contributed by atoms with Gasteiger partial charge in [0.1, 0.15) is 11.6 Å². The van der Waals surface area contributed by atoms with Crippen LogP contribution in [0.25, 0.3) is 0 Å². The van der Waals surface area contributed by atoms with Gasteiger partial charge in [0.15, 0.2) is 0 Å². The van der Waals surface area contributed by atoms with Crippen LogP contribution in [-0.2, 0) is 12.0 Å². The maximum atomic E-state index is 5.91. The largest absolute Gasteiger partial charge is 0.444 e. The van der Waals surface area contributed by atoms with Crippen LogP contribution in [0.5, 0.6) is 0 Å². The summed E-state index contributed by atoms with van der Waals surface area (Å²) in [5, 5.41) is 3.45. The van der Waals surface area contributed by atoms with Crippen molar-refractivity contribution >= 4 is 5.82 Å². The summed E-state index contributed by atoms with van der Waals surface area (Å²) >= 11 is 0. The number of likely N-dealkylation sites (tertiary alicyclic amines) is 1. The first-order chi connectivity index (χ1) is 11.4. The molecule has 130 valence electrons. The summed E-state index contributed by atoms with van der Waals surface area (Å²) in [5.41, 5.74) is 1.21. The van der Waals surface area contributed by atoms with E-state index in [2.05, 4.69) is 53.9 Å². The van der Waals surface area contributed by atoms with Gasteiger partial charge in [-0.1, -0.05) is 26.8 Å². The smallest absolute Gasteiger partial charge is 0.208 e. The van der Waals surface area contributed by atoms with E-state index >= 15 is 0 Å². The van der Waals surface area contributed by atoms with Crippen LogP contribution < -0.4 is 5.32 Å². The summed E-state index contributed by atoms with van der Waals surface area (Å²) in [7, 11) is 0. The lowest BCUT2D eigenvalue weighted by Gasteiger charge is -2.16. The van der Waals surface area contributed by atoms with Crippen molar-refractivity contribution in [3.8, 4) is 0 Å². The zero-order valence-corrected chi connectivity index (χ0v) is 15.2. The van der Waals surface area contributed by atoms with Crippen LogP contribution in [0.1, 0.15) is 44.4 Å². The number of aryl methyl sites for hydroxylation is 1. The number of rotatable bonds is 5. The van der Waals surface area contributed by atoms with E-state index in [1.807, 2.05) is 18.5 Å². The average Bonchev–Trinajstić information content (AvgIpc) is 3.16. The molecule has 2 aromatic rings. The summed E-state index contributed by atoms with van der Waals surface area (Å²) < 4.78 is 5.91.